The number of nitrogens with one attached hydrogen (secondary N) is 1. The van der Waals surface area contributed by atoms with Crippen LogP contribution in [0.1, 0.15) is 33.0 Å². The number of aromatic nitrogens is 1. The first kappa shape index (κ1) is 15.1. The monoisotopic (exact) mass is 276 g/mol. The molecule has 1 atom stereocenters. The standard InChI is InChI=1S/C11H20N2O4S/c1-8-10(12-7-17-8)18(15,16)13-6-9(14)5-11(2,3)4/h7,9,13-14H,5-6H2,1-4H3. The quantitative estimate of drug-likeness (QED) is 0.839. The van der Waals surface area contributed by atoms with Crippen LogP contribution in [-0.4, -0.2) is 31.2 Å². The number of nitrogens with zero attached hydrogens (tertiary/aromatic N) is 1. The van der Waals surface area contributed by atoms with E-state index in [-0.39, 0.29) is 22.7 Å². The van der Waals surface area contributed by atoms with Crippen molar-refractivity contribution < 1.29 is 17.9 Å². The second kappa shape index (κ2) is 5.38. The predicted molar refractivity (Wildman–Crippen MR) is 66.5 cm³/mol. The van der Waals surface area contributed by atoms with Gasteiger partial charge in [-0.05, 0) is 18.8 Å². The molecular weight excluding hydrogens is 256 g/mol. The lowest BCUT2D eigenvalue weighted by molar-refractivity contribution is 0.125. The van der Waals surface area contributed by atoms with Crippen molar-refractivity contribution in [1.29, 1.82) is 0 Å². The average Bonchev–Trinajstić information content (AvgIpc) is 2.60. The maximum Gasteiger partial charge on any atom is 0.261 e. The minimum atomic E-state index is -3.71. The molecule has 7 heteroatoms. The van der Waals surface area contributed by atoms with Crippen LogP contribution in [-0.2, 0) is 10.0 Å². The summed E-state index contributed by atoms with van der Waals surface area (Å²) in [7, 11) is -3.71. The Hall–Kier alpha value is -0.920. The lowest BCUT2D eigenvalue weighted by Gasteiger charge is -2.22. The van der Waals surface area contributed by atoms with Gasteiger partial charge < -0.3 is 9.52 Å². The first-order chi connectivity index (χ1) is 8.12. The van der Waals surface area contributed by atoms with Gasteiger partial charge in [-0.3, -0.25) is 0 Å². The molecule has 0 amide bonds. The third-order valence-corrected chi connectivity index (χ3v) is 3.76. The second-order valence-electron chi connectivity index (χ2n) is 5.48. The molecule has 2 N–H and O–H groups in total. The Balaban J connectivity index is 2.61. The summed E-state index contributed by atoms with van der Waals surface area (Å²) >= 11 is 0. The fourth-order valence-corrected chi connectivity index (χ4v) is 2.76. The van der Waals surface area contributed by atoms with E-state index in [2.05, 4.69) is 9.71 Å². The third kappa shape index (κ3) is 4.40. The van der Waals surface area contributed by atoms with E-state index < -0.39 is 16.1 Å². The molecule has 0 aliphatic carbocycles. The van der Waals surface area contributed by atoms with Crippen molar-refractivity contribution in [2.45, 2.75) is 45.2 Å². The molecule has 104 valence electrons. The van der Waals surface area contributed by atoms with Crippen molar-refractivity contribution in [2.24, 2.45) is 5.41 Å². The van der Waals surface area contributed by atoms with Gasteiger partial charge in [0.15, 0.2) is 6.39 Å². The molecule has 1 aromatic rings. The van der Waals surface area contributed by atoms with E-state index in [1.807, 2.05) is 20.8 Å². The molecule has 0 bridgehead atoms. The summed E-state index contributed by atoms with van der Waals surface area (Å²) in [6.07, 6.45) is 0.856. The minimum Gasteiger partial charge on any atom is -0.447 e. The van der Waals surface area contributed by atoms with Gasteiger partial charge in [0.2, 0.25) is 5.03 Å². The molecular formula is C11H20N2O4S. The van der Waals surface area contributed by atoms with Crippen LogP contribution in [0.2, 0.25) is 0 Å². The normalized spacial score (nSPS) is 14.7. The van der Waals surface area contributed by atoms with E-state index >= 15 is 0 Å². The highest BCUT2D eigenvalue weighted by Crippen LogP contribution is 2.20. The smallest absolute Gasteiger partial charge is 0.261 e. The van der Waals surface area contributed by atoms with Crippen molar-refractivity contribution in [3.05, 3.63) is 12.2 Å². The van der Waals surface area contributed by atoms with Crippen molar-refractivity contribution in [1.82, 2.24) is 9.71 Å². The van der Waals surface area contributed by atoms with Crippen LogP contribution in [0.15, 0.2) is 15.8 Å². The zero-order valence-corrected chi connectivity index (χ0v) is 11.9. The zero-order valence-electron chi connectivity index (χ0n) is 11.1. The average molecular weight is 276 g/mol. The predicted octanol–water partition coefficient (Wildman–Crippen LogP) is 1.06. The summed E-state index contributed by atoms with van der Waals surface area (Å²) in [6, 6.07) is 0. The molecule has 1 unspecified atom stereocenters. The van der Waals surface area contributed by atoms with Gasteiger partial charge in [-0.2, -0.15) is 0 Å². The lowest BCUT2D eigenvalue weighted by Crippen LogP contribution is -2.34. The third-order valence-electron chi connectivity index (χ3n) is 2.31. The highest BCUT2D eigenvalue weighted by molar-refractivity contribution is 7.89. The Morgan fingerprint density at radius 3 is 2.56 bits per heavy atom. The van der Waals surface area contributed by atoms with Crippen LogP contribution < -0.4 is 4.72 Å². The number of sulfonamides is 1. The van der Waals surface area contributed by atoms with Crippen LogP contribution in [0.4, 0.5) is 0 Å². The number of aliphatic hydroxyl groups excluding tert-OH is 1. The number of aryl methyl sites for hydroxylation is 1. The summed E-state index contributed by atoms with van der Waals surface area (Å²) in [6.45, 7) is 7.42. The van der Waals surface area contributed by atoms with Crippen molar-refractivity contribution in [3.8, 4) is 0 Å². The van der Waals surface area contributed by atoms with Crippen molar-refractivity contribution in [2.75, 3.05) is 6.54 Å². The van der Waals surface area contributed by atoms with E-state index in [1.165, 1.54) is 6.92 Å². The van der Waals surface area contributed by atoms with E-state index in [1.54, 1.807) is 0 Å². The molecule has 6 nitrogen and oxygen atoms in total. The second-order valence-corrected chi connectivity index (χ2v) is 7.17. The van der Waals surface area contributed by atoms with Gasteiger partial charge in [0, 0.05) is 6.54 Å². The van der Waals surface area contributed by atoms with Crippen molar-refractivity contribution >= 4 is 10.0 Å². The van der Waals surface area contributed by atoms with Crippen LogP contribution >= 0.6 is 0 Å². The first-order valence-electron chi connectivity index (χ1n) is 5.70. The van der Waals surface area contributed by atoms with Gasteiger partial charge in [0.25, 0.3) is 10.0 Å². The van der Waals surface area contributed by atoms with Gasteiger partial charge in [0.05, 0.1) is 6.10 Å². The Morgan fingerprint density at radius 2 is 2.11 bits per heavy atom. The van der Waals surface area contributed by atoms with E-state index in [0.29, 0.717) is 6.42 Å². The molecule has 0 radical (unpaired) electrons. The fraction of sp³-hybridized carbons (Fsp3) is 0.727. The topological polar surface area (TPSA) is 92.4 Å². The van der Waals surface area contributed by atoms with E-state index in [4.69, 9.17) is 4.42 Å². The molecule has 0 aliphatic heterocycles. The van der Waals surface area contributed by atoms with Crippen LogP contribution in [0, 0.1) is 12.3 Å². The molecule has 1 heterocycles. The van der Waals surface area contributed by atoms with Gasteiger partial charge in [-0.1, -0.05) is 20.8 Å². The molecule has 1 aromatic heterocycles. The van der Waals surface area contributed by atoms with Crippen molar-refractivity contribution in [3.63, 3.8) is 0 Å². The highest BCUT2D eigenvalue weighted by Gasteiger charge is 2.23. The first-order valence-corrected chi connectivity index (χ1v) is 7.18. The highest BCUT2D eigenvalue weighted by atomic mass is 32.2. The van der Waals surface area contributed by atoms with Gasteiger partial charge in [-0.15, -0.1) is 0 Å². The van der Waals surface area contributed by atoms with Crippen LogP contribution in [0.3, 0.4) is 0 Å². The lowest BCUT2D eigenvalue weighted by atomic mass is 9.89. The molecule has 0 spiro atoms. The zero-order chi connectivity index (χ0) is 14.0. The Bertz CT molecular complexity index is 487. The molecule has 0 aromatic carbocycles. The van der Waals surface area contributed by atoms with Crippen LogP contribution in [0.25, 0.3) is 0 Å². The molecule has 1 rings (SSSR count). The fourth-order valence-electron chi connectivity index (χ4n) is 1.61. The Kier molecular flexibility index (Phi) is 4.52. The summed E-state index contributed by atoms with van der Waals surface area (Å²) < 4.78 is 30.8. The number of hydrogen-bond donors (Lipinski definition) is 2. The maximum atomic E-state index is 11.8. The summed E-state index contributed by atoms with van der Waals surface area (Å²) in [4.78, 5) is 3.64. The number of rotatable bonds is 5. The summed E-state index contributed by atoms with van der Waals surface area (Å²) in [5, 5.41) is 9.61. The van der Waals surface area contributed by atoms with E-state index in [9.17, 15) is 13.5 Å². The SMILES string of the molecule is Cc1ocnc1S(=O)(=O)NCC(O)CC(C)(C)C. The Labute approximate surface area is 107 Å². The molecule has 18 heavy (non-hydrogen) atoms. The number of hydrogen-bond acceptors (Lipinski definition) is 5. The number of aliphatic hydroxyl groups is 1. The molecule has 0 aliphatic rings. The molecule has 0 fully saturated rings. The maximum absolute atomic E-state index is 11.8. The van der Waals surface area contributed by atoms with Gasteiger partial charge in [0.1, 0.15) is 5.76 Å². The summed E-state index contributed by atoms with van der Waals surface area (Å²) in [5.41, 5.74) is -0.0608. The van der Waals surface area contributed by atoms with Gasteiger partial charge >= 0.3 is 0 Å². The van der Waals surface area contributed by atoms with E-state index in [0.717, 1.165) is 6.39 Å². The Morgan fingerprint density at radius 1 is 1.50 bits per heavy atom. The van der Waals surface area contributed by atoms with Gasteiger partial charge in [-0.25, -0.2) is 18.1 Å². The minimum absolute atomic E-state index is 0.0358. The summed E-state index contributed by atoms with van der Waals surface area (Å²) in [5.74, 6) is 0.229. The largest absolute Gasteiger partial charge is 0.447 e. The number of oxazole rings is 1. The molecule has 0 saturated heterocycles. The van der Waals surface area contributed by atoms with Crippen LogP contribution in [0.5, 0.6) is 0 Å². The molecule has 0 saturated carbocycles.